The average Bonchev–Trinajstić information content (AvgIpc) is 3.22. The minimum atomic E-state index is -1.37. The lowest BCUT2D eigenvalue weighted by Crippen LogP contribution is -2.33. The van der Waals surface area contributed by atoms with Crippen molar-refractivity contribution in [1.29, 1.82) is 0 Å². The third-order valence-corrected chi connectivity index (χ3v) is 4.14. The smallest absolute Gasteiger partial charge is 0.508 e. The van der Waals surface area contributed by atoms with Gasteiger partial charge < -0.3 is 15.4 Å². The van der Waals surface area contributed by atoms with Gasteiger partial charge in [-0.05, 0) is 29.2 Å². The van der Waals surface area contributed by atoms with E-state index in [1.54, 1.807) is 29.2 Å². The van der Waals surface area contributed by atoms with Gasteiger partial charge in [-0.3, -0.25) is 4.79 Å². The van der Waals surface area contributed by atoms with E-state index in [0.717, 1.165) is 22.2 Å². The van der Waals surface area contributed by atoms with E-state index >= 15 is 0 Å². The first-order valence-electron chi connectivity index (χ1n) is 7.95. The first kappa shape index (κ1) is 16.7. The summed E-state index contributed by atoms with van der Waals surface area (Å²) in [5.41, 5.74) is 9.78. The van der Waals surface area contributed by atoms with Gasteiger partial charge >= 0.3 is 7.12 Å². The van der Waals surface area contributed by atoms with E-state index in [4.69, 9.17) is 5.73 Å². The minimum Gasteiger partial charge on any atom is -0.508 e. The Hall–Kier alpha value is -3.79. The number of carbonyl (C=O) groups excluding carboxylic acids is 1. The van der Waals surface area contributed by atoms with Crippen LogP contribution < -0.4 is 11.2 Å². The summed E-state index contributed by atoms with van der Waals surface area (Å²) < 4.78 is 6.24. The second-order valence-corrected chi connectivity index (χ2v) is 5.73. The van der Waals surface area contributed by atoms with Crippen LogP contribution in [0.5, 0.6) is 0 Å². The number of fused-ring (bicyclic) bond motifs is 1. The molecule has 3 N–H and O–H groups in total. The summed E-state index contributed by atoms with van der Waals surface area (Å²) in [6.45, 7) is 0.198. The van der Waals surface area contributed by atoms with Gasteiger partial charge in [-0.25, -0.2) is 9.67 Å². The molecule has 4 aromatic rings. The van der Waals surface area contributed by atoms with E-state index in [9.17, 15) is 9.82 Å². The predicted octanol–water partition coefficient (Wildman–Crippen LogP) is 0.320. The second-order valence-electron chi connectivity index (χ2n) is 5.73. The van der Waals surface area contributed by atoms with Crippen LogP contribution in [-0.2, 0) is 9.45 Å². The Kier molecular flexibility index (Phi) is 4.23. The van der Waals surface area contributed by atoms with Crippen molar-refractivity contribution in [3.8, 4) is 16.8 Å². The molecule has 10 heteroatoms. The van der Waals surface area contributed by atoms with Gasteiger partial charge in [0.25, 0.3) is 6.47 Å². The van der Waals surface area contributed by atoms with Crippen molar-refractivity contribution in [3.05, 3.63) is 55.2 Å². The normalized spacial score (nSPS) is 10.7. The molecule has 2 heterocycles. The van der Waals surface area contributed by atoms with Crippen molar-refractivity contribution in [1.82, 2.24) is 25.0 Å². The number of hydrogen-bond acceptors (Lipinski definition) is 8. The molecular weight excluding hydrogens is 347 g/mol. The number of nitrogens with zero attached hydrogens (tertiary/aromatic N) is 5. The second kappa shape index (κ2) is 6.85. The number of nitrogen functional groups attached to an aromatic ring is 1. The highest BCUT2D eigenvalue weighted by Gasteiger charge is 2.20. The average molecular weight is 360 g/mol. The van der Waals surface area contributed by atoms with Crippen LogP contribution in [0.1, 0.15) is 0 Å². The van der Waals surface area contributed by atoms with E-state index < -0.39 is 7.12 Å². The van der Waals surface area contributed by atoms with Crippen molar-refractivity contribution in [2.24, 2.45) is 0 Å². The Labute approximate surface area is 153 Å². The van der Waals surface area contributed by atoms with Crippen LogP contribution in [0.25, 0.3) is 27.7 Å². The number of carbonyl (C=O) groups is 1. The summed E-state index contributed by atoms with van der Waals surface area (Å²) in [5.74, 6) is 0. The predicted molar refractivity (Wildman–Crippen MR) is 99.1 cm³/mol. The van der Waals surface area contributed by atoms with Crippen molar-refractivity contribution in [2.75, 3.05) is 5.73 Å². The minimum absolute atomic E-state index is 0.198. The number of aromatic nitrogens is 5. The number of anilines is 1. The van der Waals surface area contributed by atoms with Gasteiger partial charge in [-0.15, -0.1) is 0 Å². The summed E-state index contributed by atoms with van der Waals surface area (Å²) in [4.78, 5) is 14.5. The lowest BCUT2D eigenvalue weighted by molar-refractivity contribution is -0.121. The van der Waals surface area contributed by atoms with Crippen LogP contribution in [0.3, 0.4) is 0 Å². The zero-order chi connectivity index (χ0) is 18.8. The highest BCUT2D eigenvalue weighted by atomic mass is 16.5. The molecule has 0 aliphatic carbocycles. The molecule has 27 heavy (non-hydrogen) atoms. The van der Waals surface area contributed by atoms with Crippen LogP contribution in [0.15, 0.2) is 55.2 Å². The molecule has 9 nitrogen and oxygen atoms in total. The van der Waals surface area contributed by atoms with Crippen molar-refractivity contribution < 1.29 is 14.5 Å². The molecule has 0 saturated heterocycles. The summed E-state index contributed by atoms with van der Waals surface area (Å²) in [6.07, 6.45) is 4.49. The fourth-order valence-corrected chi connectivity index (χ4v) is 2.85. The summed E-state index contributed by atoms with van der Waals surface area (Å²) in [7, 11) is -1.37. The van der Waals surface area contributed by atoms with Crippen molar-refractivity contribution in [3.63, 3.8) is 0 Å². The SMILES string of the molecule is Nc1cnnc2cc(-c3cc(B(O)OC=O)ccc3-n3cncn3)ccc12. The third kappa shape index (κ3) is 3.09. The van der Waals surface area contributed by atoms with Gasteiger partial charge in [0.2, 0.25) is 0 Å². The lowest BCUT2D eigenvalue weighted by Gasteiger charge is -2.13. The van der Waals surface area contributed by atoms with E-state index in [1.165, 1.54) is 12.5 Å². The topological polar surface area (TPSA) is 129 Å². The fourth-order valence-electron chi connectivity index (χ4n) is 2.85. The number of nitrogens with two attached hydrogens (primary N) is 1. The van der Waals surface area contributed by atoms with Gasteiger partial charge in [-0.1, -0.05) is 18.2 Å². The summed E-state index contributed by atoms with van der Waals surface area (Å²) >= 11 is 0. The molecule has 2 aromatic carbocycles. The van der Waals surface area contributed by atoms with Crippen molar-refractivity contribution >= 4 is 35.6 Å². The molecule has 0 fully saturated rings. The maximum atomic E-state index is 10.5. The molecule has 0 saturated carbocycles. The molecule has 0 spiro atoms. The molecule has 0 atom stereocenters. The molecule has 0 aliphatic rings. The molecule has 4 rings (SSSR count). The highest BCUT2D eigenvalue weighted by molar-refractivity contribution is 6.61. The number of hydrogen-bond donors (Lipinski definition) is 2. The van der Waals surface area contributed by atoms with Crippen LogP contribution in [-0.4, -0.2) is 43.6 Å². The third-order valence-electron chi connectivity index (χ3n) is 4.14. The van der Waals surface area contributed by atoms with Gasteiger partial charge in [-0.2, -0.15) is 15.3 Å². The summed E-state index contributed by atoms with van der Waals surface area (Å²) in [5, 5.41) is 23.0. The first-order valence-corrected chi connectivity index (χ1v) is 7.95. The molecule has 0 amide bonds. The van der Waals surface area contributed by atoms with Gasteiger partial charge in [0.05, 0.1) is 23.1 Å². The molecule has 0 aliphatic heterocycles. The number of rotatable bonds is 5. The number of benzene rings is 2. The molecule has 0 radical (unpaired) electrons. The Bertz CT molecular complexity index is 1120. The molecule has 2 aromatic heterocycles. The zero-order valence-electron chi connectivity index (χ0n) is 13.9. The molecule has 0 bridgehead atoms. The van der Waals surface area contributed by atoms with Crippen LogP contribution >= 0.6 is 0 Å². The molecule has 132 valence electrons. The van der Waals surface area contributed by atoms with E-state index in [2.05, 4.69) is 24.9 Å². The highest BCUT2D eigenvalue weighted by Crippen LogP contribution is 2.29. The zero-order valence-corrected chi connectivity index (χ0v) is 13.9. The van der Waals surface area contributed by atoms with E-state index in [-0.39, 0.29) is 6.47 Å². The maximum Gasteiger partial charge on any atom is 0.561 e. The Morgan fingerprint density at radius 3 is 2.89 bits per heavy atom. The Balaban J connectivity index is 1.91. The monoisotopic (exact) mass is 360 g/mol. The van der Waals surface area contributed by atoms with E-state index in [0.29, 0.717) is 16.7 Å². The molecule has 0 unspecified atom stereocenters. The van der Waals surface area contributed by atoms with Gasteiger partial charge in [0.15, 0.2) is 0 Å². The standard InChI is InChI=1S/C17H13BN6O3/c19-15-7-21-23-16-5-11(1-3-13(15)16)14-6-12(18(26)27-10-25)2-4-17(14)24-9-20-8-22-24/h1-10,26H,(H2,19,23). The Morgan fingerprint density at radius 1 is 1.22 bits per heavy atom. The maximum absolute atomic E-state index is 10.5. The van der Waals surface area contributed by atoms with Crippen LogP contribution in [0.2, 0.25) is 0 Å². The summed E-state index contributed by atoms with van der Waals surface area (Å²) in [6, 6.07) is 10.7. The van der Waals surface area contributed by atoms with Gasteiger partial charge in [0, 0.05) is 10.9 Å². The quantitative estimate of drug-likeness (QED) is 0.385. The lowest BCUT2D eigenvalue weighted by atomic mass is 9.78. The van der Waals surface area contributed by atoms with E-state index in [1.807, 2.05) is 18.2 Å². The molecular formula is C17H13BN6O3. The first-order chi connectivity index (χ1) is 13.2. The fraction of sp³-hybridized carbons (Fsp3) is 0. The largest absolute Gasteiger partial charge is 0.561 e. The van der Waals surface area contributed by atoms with Crippen LogP contribution in [0, 0.1) is 0 Å². The Morgan fingerprint density at radius 2 is 2.11 bits per heavy atom. The van der Waals surface area contributed by atoms with Crippen molar-refractivity contribution in [2.45, 2.75) is 0 Å². The van der Waals surface area contributed by atoms with Gasteiger partial charge in [0.1, 0.15) is 12.7 Å². The van der Waals surface area contributed by atoms with Crippen LogP contribution in [0.4, 0.5) is 5.69 Å².